The lowest BCUT2D eigenvalue weighted by atomic mass is 10.1. The van der Waals surface area contributed by atoms with Gasteiger partial charge < -0.3 is 14.3 Å². The van der Waals surface area contributed by atoms with Crippen LogP contribution in [0.1, 0.15) is 21.7 Å². The normalized spacial score (nSPS) is 10.9. The number of carbonyl (C=O) groups is 1. The summed E-state index contributed by atoms with van der Waals surface area (Å²) in [5.74, 6) is 0.334. The Morgan fingerprint density at radius 1 is 1.28 bits per heavy atom. The van der Waals surface area contributed by atoms with Crippen LogP contribution in [-0.4, -0.2) is 22.0 Å². The fraction of sp³-hybridized carbons (Fsp3) is 0.222. The number of hydrogen-bond donors (Lipinski definition) is 1. The van der Waals surface area contributed by atoms with Gasteiger partial charge in [0.25, 0.3) is 5.91 Å². The molecule has 2 aromatic heterocycles. The van der Waals surface area contributed by atoms with Crippen LogP contribution in [0.2, 0.25) is 10.2 Å². The van der Waals surface area contributed by atoms with Crippen LogP contribution in [0.4, 0.5) is 0 Å². The van der Waals surface area contributed by atoms with Crippen molar-refractivity contribution in [1.29, 1.82) is 0 Å². The first-order chi connectivity index (χ1) is 12.0. The Hall–Kier alpha value is -2.24. The number of halogens is 2. The molecule has 3 aromatic rings. The van der Waals surface area contributed by atoms with E-state index in [0.29, 0.717) is 34.7 Å². The summed E-state index contributed by atoms with van der Waals surface area (Å²) in [7, 11) is 1.69. The highest BCUT2D eigenvalue weighted by Crippen LogP contribution is 2.25. The van der Waals surface area contributed by atoms with E-state index in [0.717, 1.165) is 11.3 Å². The summed E-state index contributed by atoms with van der Waals surface area (Å²) in [4.78, 5) is 16.6. The minimum absolute atomic E-state index is 0.237. The zero-order valence-electron chi connectivity index (χ0n) is 13.8. The molecule has 0 bridgehead atoms. The molecule has 0 aliphatic carbocycles. The first-order valence-corrected chi connectivity index (χ1v) is 8.51. The van der Waals surface area contributed by atoms with Crippen molar-refractivity contribution in [2.24, 2.45) is 7.05 Å². The minimum atomic E-state index is -0.237. The Bertz CT molecular complexity index is 898. The topological polar surface area (TPSA) is 60.1 Å². The Labute approximate surface area is 155 Å². The predicted molar refractivity (Wildman–Crippen MR) is 98.1 cm³/mol. The van der Waals surface area contributed by atoms with Gasteiger partial charge in [0.15, 0.2) is 0 Å². The summed E-state index contributed by atoms with van der Waals surface area (Å²) in [6, 6.07) is 9.50. The number of nitrogens with one attached hydrogen (secondary N) is 1. The van der Waals surface area contributed by atoms with Gasteiger partial charge in [-0.15, -0.1) is 0 Å². The molecule has 3 rings (SSSR count). The molecule has 0 atom stereocenters. The zero-order valence-corrected chi connectivity index (χ0v) is 15.4. The quantitative estimate of drug-likeness (QED) is 0.722. The zero-order chi connectivity index (χ0) is 18.0. The van der Waals surface area contributed by atoms with Crippen molar-refractivity contribution in [2.45, 2.75) is 13.3 Å². The fourth-order valence-corrected chi connectivity index (χ4v) is 2.78. The van der Waals surface area contributed by atoms with Crippen LogP contribution >= 0.6 is 23.2 Å². The molecule has 25 heavy (non-hydrogen) atoms. The van der Waals surface area contributed by atoms with Crippen molar-refractivity contribution in [2.75, 3.05) is 6.54 Å². The maximum absolute atomic E-state index is 12.2. The van der Waals surface area contributed by atoms with Crippen LogP contribution in [0, 0.1) is 6.92 Å². The molecule has 2 heterocycles. The largest absolute Gasteiger partial charge is 0.444 e. The molecule has 0 fully saturated rings. The first-order valence-electron chi connectivity index (χ1n) is 7.76. The van der Waals surface area contributed by atoms with Gasteiger partial charge in [0.05, 0.1) is 10.7 Å². The van der Waals surface area contributed by atoms with Crippen LogP contribution in [-0.2, 0) is 13.5 Å². The van der Waals surface area contributed by atoms with Crippen molar-refractivity contribution in [1.82, 2.24) is 14.9 Å². The SMILES string of the molecule is Cc1ccc(-c2nc(CCNC(=O)c3cc(Cl)c(Cl)n3C)co2)cc1. The van der Waals surface area contributed by atoms with Crippen molar-refractivity contribution in [3.8, 4) is 11.5 Å². The Balaban J connectivity index is 1.58. The van der Waals surface area contributed by atoms with E-state index in [1.54, 1.807) is 23.9 Å². The Morgan fingerprint density at radius 3 is 2.64 bits per heavy atom. The third-order valence-electron chi connectivity index (χ3n) is 3.87. The number of hydrogen-bond acceptors (Lipinski definition) is 3. The third-order valence-corrected chi connectivity index (χ3v) is 4.71. The minimum Gasteiger partial charge on any atom is -0.444 e. The maximum Gasteiger partial charge on any atom is 0.268 e. The molecule has 1 amide bonds. The van der Waals surface area contributed by atoms with Gasteiger partial charge in [0.2, 0.25) is 5.89 Å². The summed E-state index contributed by atoms with van der Waals surface area (Å²) in [5, 5.41) is 3.52. The molecule has 5 nitrogen and oxygen atoms in total. The van der Waals surface area contributed by atoms with Gasteiger partial charge in [-0.25, -0.2) is 4.98 Å². The molecule has 0 radical (unpaired) electrons. The maximum atomic E-state index is 12.2. The Kier molecular flexibility index (Phi) is 5.16. The molecule has 0 saturated carbocycles. The van der Waals surface area contributed by atoms with Gasteiger partial charge >= 0.3 is 0 Å². The molecule has 130 valence electrons. The summed E-state index contributed by atoms with van der Waals surface area (Å²) >= 11 is 11.9. The van der Waals surface area contributed by atoms with Crippen LogP contribution in [0.3, 0.4) is 0 Å². The number of oxazole rings is 1. The van der Waals surface area contributed by atoms with Crippen LogP contribution in [0.25, 0.3) is 11.5 Å². The van der Waals surface area contributed by atoms with Crippen molar-refractivity contribution in [3.63, 3.8) is 0 Å². The summed E-state index contributed by atoms with van der Waals surface area (Å²) < 4.78 is 7.05. The van der Waals surface area contributed by atoms with Crippen molar-refractivity contribution in [3.05, 3.63) is 63.7 Å². The molecule has 0 unspecified atom stereocenters. The van der Waals surface area contributed by atoms with Gasteiger partial charge in [-0.1, -0.05) is 40.9 Å². The van der Waals surface area contributed by atoms with Gasteiger partial charge in [0.1, 0.15) is 17.1 Å². The Morgan fingerprint density at radius 2 is 2.00 bits per heavy atom. The lowest BCUT2D eigenvalue weighted by Crippen LogP contribution is -2.27. The first kappa shape index (κ1) is 17.6. The molecule has 7 heteroatoms. The average molecular weight is 378 g/mol. The van der Waals surface area contributed by atoms with Crippen LogP contribution in [0.5, 0.6) is 0 Å². The highest BCUT2D eigenvalue weighted by molar-refractivity contribution is 6.41. The summed E-state index contributed by atoms with van der Waals surface area (Å²) in [5.41, 5.74) is 3.29. The van der Waals surface area contributed by atoms with Crippen LogP contribution < -0.4 is 5.32 Å². The molecular weight excluding hydrogens is 361 g/mol. The van der Waals surface area contributed by atoms with E-state index in [1.165, 1.54) is 5.56 Å². The number of nitrogens with zero attached hydrogens (tertiary/aromatic N) is 2. The van der Waals surface area contributed by atoms with Gasteiger partial charge in [0, 0.05) is 25.6 Å². The highest BCUT2D eigenvalue weighted by atomic mass is 35.5. The van der Waals surface area contributed by atoms with E-state index in [4.69, 9.17) is 27.6 Å². The lowest BCUT2D eigenvalue weighted by Gasteiger charge is -2.05. The van der Waals surface area contributed by atoms with Gasteiger partial charge in [-0.2, -0.15) is 0 Å². The van der Waals surface area contributed by atoms with E-state index in [9.17, 15) is 4.79 Å². The second-order valence-corrected chi connectivity index (χ2v) is 6.51. The monoisotopic (exact) mass is 377 g/mol. The number of rotatable bonds is 5. The number of carbonyl (C=O) groups excluding carboxylic acids is 1. The average Bonchev–Trinajstić information content (AvgIpc) is 3.16. The summed E-state index contributed by atoms with van der Waals surface area (Å²) in [6.07, 6.45) is 2.17. The van der Waals surface area contributed by atoms with Gasteiger partial charge in [-0.05, 0) is 25.1 Å². The second kappa shape index (κ2) is 7.33. The lowest BCUT2D eigenvalue weighted by molar-refractivity contribution is 0.0946. The second-order valence-electron chi connectivity index (χ2n) is 5.74. The molecular formula is C18H17Cl2N3O2. The molecule has 1 aromatic carbocycles. The predicted octanol–water partition coefficient (Wildman–Crippen LogP) is 4.27. The molecule has 0 spiro atoms. The van der Waals surface area contributed by atoms with Gasteiger partial charge in [-0.3, -0.25) is 4.79 Å². The van der Waals surface area contributed by atoms with Crippen LogP contribution in [0.15, 0.2) is 41.0 Å². The van der Waals surface area contributed by atoms with E-state index >= 15 is 0 Å². The highest BCUT2D eigenvalue weighted by Gasteiger charge is 2.15. The summed E-state index contributed by atoms with van der Waals surface area (Å²) in [6.45, 7) is 2.46. The standard InChI is InChI=1S/C18H17Cl2N3O2/c1-11-3-5-12(6-4-11)18-22-13(10-25-18)7-8-21-17(24)15-9-14(19)16(20)23(15)2/h3-6,9-10H,7-8H2,1-2H3,(H,21,24). The number of aromatic nitrogens is 2. The van der Waals surface area contributed by atoms with E-state index in [-0.39, 0.29) is 5.91 Å². The molecule has 0 saturated heterocycles. The van der Waals surface area contributed by atoms with E-state index in [2.05, 4.69) is 10.3 Å². The smallest absolute Gasteiger partial charge is 0.268 e. The molecule has 1 N–H and O–H groups in total. The van der Waals surface area contributed by atoms with E-state index < -0.39 is 0 Å². The fourth-order valence-electron chi connectivity index (χ4n) is 2.41. The number of amides is 1. The number of benzene rings is 1. The third kappa shape index (κ3) is 3.89. The molecule has 0 aliphatic rings. The molecule has 0 aliphatic heterocycles. The number of aryl methyl sites for hydroxylation is 1. The van der Waals surface area contributed by atoms with Crippen molar-refractivity contribution < 1.29 is 9.21 Å². The van der Waals surface area contributed by atoms with Crippen molar-refractivity contribution >= 4 is 29.1 Å². The van der Waals surface area contributed by atoms with E-state index in [1.807, 2.05) is 31.2 Å².